The largest absolute Gasteiger partial charge is 0.466 e. The summed E-state index contributed by atoms with van der Waals surface area (Å²) < 4.78 is 5.91. The van der Waals surface area contributed by atoms with E-state index in [-0.39, 0.29) is 23.2 Å². The molecule has 1 aromatic rings. The van der Waals surface area contributed by atoms with Crippen molar-refractivity contribution in [1.82, 2.24) is 0 Å². The summed E-state index contributed by atoms with van der Waals surface area (Å²) in [6.07, 6.45) is 15.9. The van der Waals surface area contributed by atoms with Crippen molar-refractivity contribution in [2.24, 2.45) is 22.7 Å². The first kappa shape index (κ1) is 28.7. The lowest BCUT2D eigenvalue weighted by Crippen LogP contribution is -2.36. The van der Waals surface area contributed by atoms with Gasteiger partial charge in [-0.1, -0.05) is 85.0 Å². The number of unbranched alkanes of at least 4 members (excludes halogenated alkanes) is 1. The first-order chi connectivity index (χ1) is 18.2. The number of ether oxygens (including phenoxy) is 1. The van der Waals surface area contributed by atoms with E-state index >= 15 is 0 Å². The van der Waals surface area contributed by atoms with Gasteiger partial charge in [0.15, 0.2) is 0 Å². The second kappa shape index (κ2) is 12.7. The predicted molar refractivity (Wildman–Crippen MR) is 158 cm³/mol. The van der Waals surface area contributed by atoms with E-state index in [9.17, 15) is 9.59 Å². The standard InChI is InChI=1S/C33H42BrNO3/c1-5-6-10-29(24-11-13-25(14-12-24)32(37)38-4)27-20-30(36)31(26-8-7-9-28(34)19-26)35-33(21-27)17-15-23(16-18-33)22(2)3/h7-9,11,13,19-20,22-23,29H,5-6,10,12,14-18,21H2,1-4H3. The van der Waals surface area contributed by atoms with Gasteiger partial charge in [-0.3, -0.25) is 9.79 Å². The zero-order valence-corrected chi connectivity index (χ0v) is 25.0. The Morgan fingerprint density at radius 3 is 2.53 bits per heavy atom. The zero-order valence-electron chi connectivity index (χ0n) is 23.4. The molecule has 0 aromatic heterocycles. The summed E-state index contributed by atoms with van der Waals surface area (Å²) in [7, 11) is 1.44. The molecule has 1 fully saturated rings. The van der Waals surface area contributed by atoms with Crippen LogP contribution in [0.4, 0.5) is 0 Å². The van der Waals surface area contributed by atoms with Crippen molar-refractivity contribution < 1.29 is 14.3 Å². The number of allylic oxidation sites excluding steroid dienone is 4. The maximum atomic E-state index is 13.9. The number of nitrogens with zero attached hydrogens (tertiary/aromatic N) is 1. The van der Waals surface area contributed by atoms with Gasteiger partial charge >= 0.3 is 5.97 Å². The van der Waals surface area contributed by atoms with Crippen LogP contribution in [0.5, 0.6) is 0 Å². The van der Waals surface area contributed by atoms with Crippen LogP contribution in [0.1, 0.15) is 90.5 Å². The van der Waals surface area contributed by atoms with E-state index in [1.165, 1.54) is 18.3 Å². The molecule has 0 radical (unpaired) electrons. The normalized spacial score (nSPS) is 24.8. The Labute approximate surface area is 236 Å². The van der Waals surface area contributed by atoms with Gasteiger partial charge in [-0.15, -0.1) is 0 Å². The van der Waals surface area contributed by atoms with E-state index in [0.29, 0.717) is 18.1 Å². The average Bonchev–Trinajstić information content (AvgIpc) is 3.05. The molecule has 1 saturated carbocycles. The fourth-order valence-corrected chi connectivity index (χ4v) is 6.86. The lowest BCUT2D eigenvalue weighted by Gasteiger charge is -2.40. The van der Waals surface area contributed by atoms with E-state index in [4.69, 9.17) is 9.73 Å². The molecule has 5 heteroatoms. The van der Waals surface area contributed by atoms with Crippen LogP contribution in [-0.2, 0) is 14.3 Å². The van der Waals surface area contributed by atoms with Gasteiger partial charge in [0.1, 0.15) is 5.71 Å². The lowest BCUT2D eigenvalue weighted by atomic mass is 9.68. The molecule has 0 N–H and O–H groups in total. The molecule has 2 aliphatic carbocycles. The van der Waals surface area contributed by atoms with Gasteiger partial charge in [-0.25, -0.2) is 4.79 Å². The van der Waals surface area contributed by atoms with Crippen molar-refractivity contribution in [2.75, 3.05) is 7.11 Å². The Balaban J connectivity index is 1.75. The second-order valence-electron chi connectivity index (χ2n) is 11.7. The summed E-state index contributed by atoms with van der Waals surface area (Å²) in [5.41, 5.74) is 4.51. The molecule has 4 rings (SSSR count). The number of ketones is 1. The highest BCUT2D eigenvalue weighted by Crippen LogP contribution is 2.46. The van der Waals surface area contributed by atoms with Crippen LogP contribution >= 0.6 is 15.9 Å². The molecule has 1 unspecified atom stereocenters. The van der Waals surface area contributed by atoms with Crippen molar-refractivity contribution in [3.05, 3.63) is 69.2 Å². The van der Waals surface area contributed by atoms with Crippen LogP contribution < -0.4 is 0 Å². The molecule has 38 heavy (non-hydrogen) atoms. The highest BCUT2D eigenvalue weighted by atomic mass is 79.9. The number of carbonyl (C=O) groups excluding carboxylic acids is 2. The highest BCUT2D eigenvalue weighted by Gasteiger charge is 2.41. The Kier molecular flexibility index (Phi) is 9.62. The van der Waals surface area contributed by atoms with E-state index in [1.54, 1.807) is 0 Å². The Morgan fingerprint density at radius 2 is 1.92 bits per heavy atom. The van der Waals surface area contributed by atoms with Crippen molar-refractivity contribution in [3.63, 3.8) is 0 Å². The molecular weight excluding hydrogens is 538 g/mol. The molecule has 4 nitrogen and oxygen atoms in total. The minimum Gasteiger partial charge on any atom is -0.466 e. The number of methoxy groups -OCH3 is 1. The van der Waals surface area contributed by atoms with Gasteiger partial charge in [0.25, 0.3) is 0 Å². The minimum absolute atomic E-state index is 0.0182. The summed E-state index contributed by atoms with van der Waals surface area (Å²) in [6, 6.07) is 7.99. The molecule has 1 spiro atoms. The second-order valence-corrected chi connectivity index (χ2v) is 12.6. The van der Waals surface area contributed by atoms with Gasteiger partial charge in [0.05, 0.1) is 12.6 Å². The first-order valence-corrected chi connectivity index (χ1v) is 15.1. The summed E-state index contributed by atoms with van der Waals surface area (Å²) in [6.45, 7) is 6.87. The van der Waals surface area contributed by atoms with E-state index in [2.05, 4.69) is 42.8 Å². The fourth-order valence-electron chi connectivity index (χ4n) is 6.46. The van der Waals surface area contributed by atoms with E-state index < -0.39 is 0 Å². The number of hydrogen-bond donors (Lipinski definition) is 0. The van der Waals surface area contributed by atoms with Crippen LogP contribution in [0, 0.1) is 17.8 Å². The number of benzene rings is 1. The quantitative estimate of drug-likeness (QED) is 0.291. The number of rotatable bonds is 8. The topological polar surface area (TPSA) is 55.7 Å². The van der Waals surface area contributed by atoms with Crippen LogP contribution in [0.25, 0.3) is 0 Å². The summed E-state index contributed by atoms with van der Waals surface area (Å²) in [5, 5.41) is 0. The van der Waals surface area contributed by atoms with E-state index in [0.717, 1.165) is 79.3 Å². The molecule has 1 aliphatic heterocycles. The molecule has 0 saturated heterocycles. The van der Waals surface area contributed by atoms with Gasteiger partial charge in [0.2, 0.25) is 5.78 Å². The number of aliphatic imine (C=N–C) groups is 1. The smallest absolute Gasteiger partial charge is 0.333 e. The van der Waals surface area contributed by atoms with Gasteiger partial charge in [-0.05, 0) is 81.4 Å². The average molecular weight is 581 g/mol. The Morgan fingerprint density at radius 1 is 1.16 bits per heavy atom. The Bertz CT molecular complexity index is 1160. The molecule has 204 valence electrons. The minimum atomic E-state index is -0.248. The molecule has 0 amide bonds. The third-order valence-corrected chi connectivity index (χ3v) is 9.30. The summed E-state index contributed by atoms with van der Waals surface area (Å²) in [4.78, 5) is 31.3. The fraction of sp³-hybridized carbons (Fsp3) is 0.545. The third kappa shape index (κ3) is 6.65. The monoisotopic (exact) mass is 579 g/mol. The van der Waals surface area contributed by atoms with Crippen molar-refractivity contribution >= 4 is 33.4 Å². The maximum Gasteiger partial charge on any atom is 0.333 e. The molecular formula is C33H42BrNO3. The zero-order chi connectivity index (χ0) is 27.3. The van der Waals surface area contributed by atoms with Crippen LogP contribution in [0.15, 0.2) is 68.7 Å². The van der Waals surface area contributed by atoms with Crippen molar-refractivity contribution in [1.29, 1.82) is 0 Å². The lowest BCUT2D eigenvalue weighted by molar-refractivity contribution is -0.136. The Hall–Kier alpha value is -2.27. The highest BCUT2D eigenvalue weighted by molar-refractivity contribution is 9.10. The van der Waals surface area contributed by atoms with Crippen LogP contribution in [0.3, 0.4) is 0 Å². The number of halogens is 1. The molecule has 3 aliphatic rings. The van der Waals surface area contributed by atoms with E-state index in [1.807, 2.05) is 36.4 Å². The number of hydrogen-bond acceptors (Lipinski definition) is 4. The molecule has 1 atom stereocenters. The van der Waals surface area contributed by atoms with Crippen molar-refractivity contribution in [3.8, 4) is 0 Å². The summed E-state index contributed by atoms with van der Waals surface area (Å²) >= 11 is 3.59. The third-order valence-electron chi connectivity index (χ3n) is 8.80. The first-order valence-electron chi connectivity index (χ1n) is 14.3. The maximum absolute atomic E-state index is 13.9. The number of carbonyl (C=O) groups is 2. The van der Waals surface area contributed by atoms with Gasteiger partial charge < -0.3 is 4.74 Å². The SMILES string of the molecule is CCCCC(C1=CC=C(C(=O)OC)CC1)C1=CC(=O)C(c2cccc(Br)c2)=NC2(CCC(C(C)C)CC2)C1. The van der Waals surface area contributed by atoms with Crippen molar-refractivity contribution in [2.45, 2.75) is 90.5 Å². The summed E-state index contributed by atoms with van der Waals surface area (Å²) in [5.74, 6) is 1.36. The molecule has 1 heterocycles. The van der Waals surface area contributed by atoms with Crippen LogP contribution in [-0.4, -0.2) is 30.1 Å². The number of esters is 1. The molecule has 1 aromatic carbocycles. The predicted octanol–water partition coefficient (Wildman–Crippen LogP) is 8.35. The van der Waals surface area contributed by atoms with Gasteiger partial charge in [-0.2, -0.15) is 0 Å². The van der Waals surface area contributed by atoms with Crippen LogP contribution in [0.2, 0.25) is 0 Å². The molecule has 0 bridgehead atoms. The van der Waals surface area contributed by atoms with Gasteiger partial charge in [0, 0.05) is 21.5 Å².